The second-order valence-corrected chi connectivity index (χ2v) is 6.51. The van der Waals surface area contributed by atoms with E-state index < -0.39 is 23.8 Å². The molecule has 1 amide bonds. The molecule has 7 nitrogen and oxygen atoms in total. The Kier molecular flexibility index (Phi) is 5.80. The Morgan fingerprint density at radius 2 is 1.92 bits per heavy atom. The van der Waals surface area contributed by atoms with Gasteiger partial charge in [0.2, 0.25) is 0 Å². The maximum Gasteiger partial charge on any atom is 0.326 e. The number of hydrogen-bond donors (Lipinski definition) is 4. The van der Waals surface area contributed by atoms with Crippen LogP contribution in [0.15, 0.2) is 35.6 Å². The van der Waals surface area contributed by atoms with Gasteiger partial charge in [-0.1, -0.05) is 44.1 Å². The van der Waals surface area contributed by atoms with Gasteiger partial charge in [-0.15, -0.1) is 0 Å². The summed E-state index contributed by atoms with van der Waals surface area (Å²) in [5.41, 5.74) is 1.62. The fourth-order valence-electron chi connectivity index (χ4n) is 2.84. The monoisotopic (exact) mass is 345 g/mol. The van der Waals surface area contributed by atoms with E-state index in [0.717, 1.165) is 16.5 Å². The van der Waals surface area contributed by atoms with Crippen LogP contribution in [0.2, 0.25) is 0 Å². The molecule has 0 saturated heterocycles. The van der Waals surface area contributed by atoms with E-state index in [9.17, 15) is 14.7 Å². The highest BCUT2D eigenvalue weighted by Gasteiger charge is 2.30. The first-order valence-electron chi connectivity index (χ1n) is 8.15. The topological polar surface area (TPSA) is 115 Å². The molecule has 2 atom stereocenters. The van der Waals surface area contributed by atoms with Crippen LogP contribution in [-0.4, -0.2) is 38.9 Å². The van der Waals surface area contributed by atoms with Crippen molar-refractivity contribution in [2.24, 2.45) is 11.1 Å². The fourth-order valence-corrected chi connectivity index (χ4v) is 2.84. The first-order valence-corrected chi connectivity index (χ1v) is 8.15. The molecule has 1 unspecified atom stereocenters. The van der Waals surface area contributed by atoms with E-state index in [-0.39, 0.29) is 18.1 Å². The van der Waals surface area contributed by atoms with Gasteiger partial charge < -0.3 is 20.6 Å². The molecule has 1 heterocycles. The van der Waals surface area contributed by atoms with E-state index in [1.807, 2.05) is 38.1 Å². The van der Waals surface area contributed by atoms with E-state index in [2.05, 4.69) is 15.5 Å². The van der Waals surface area contributed by atoms with Gasteiger partial charge in [-0.2, -0.15) is 0 Å². The average Bonchev–Trinajstić information content (AvgIpc) is 3.00. The minimum Gasteiger partial charge on any atom is -0.480 e. The number of nitrogens with one attached hydrogen (secondary N) is 2. The van der Waals surface area contributed by atoms with Crippen molar-refractivity contribution >= 4 is 28.5 Å². The minimum atomic E-state index is -1.15. The third-order valence-corrected chi connectivity index (χ3v) is 4.15. The Morgan fingerprint density at radius 3 is 2.52 bits per heavy atom. The summed E-state index contributed by atoms with van der Waals surface area (Å²) in [5.74, 6) is -2.19. The summed E-state index contributed by atoms with van der Waals surface area (Å²) in [4.78, 5) is 27.1. The van der Waals surface area contributed by atoms with Crippen LogP contribution < -0.4 is 5.32 Å². The first kappa shape index (κ1) is 18.5. The highest BCUT2D eigenvalue weighted by atomic mass is 16.4. The molecule has 0 fully saturated rings. The van der Waals surface area contributed by atoms with E-state index in [1.54, 1.807) is 13.1 Å². The molecule has 0 radical (unpaired) electrons. The molecule has 2 aromatic rings. The van der Waals surface area contributed by atoms with Crippen molar-refractivity contribution < 1.29 is 19.9 Å². The number of rotatable bonds is 7. The van der Waals surface area contributed by atoms with E-state index in [4.69, 9.17) is 5.21 Å². The molecule has 0 aliphatic heterocycles. The molecule has 0 spiro atoms. The van der Waals surface area contributed by atoms with Gasteiger partial charge in [0.05, 0.1) is 0 Å². The van der Waals surface area contributed by atoms with Crippen LogP contribution in [0.4, 0.5) is 0 Å². The Labute approximate surface area is 145 Å². The van der Waals surface area contributed by atoms with E-state index in [1.165, 1.54) is 0 Å². The number of nitrogens with zero attached hydrogens (tertiary/aromatic N) is 1. The number of carboxylic acid groups (broad SMARTS) is 1. The smallest absolute Gasteiger partial charge is 0.326 e. The third kappa shape index (κ3) is 4.17. The van der Waals surface area contributed by atoms with Gasteiger partial charge >= 0.3 is 5.97 Å². The number of carboxylic acids is 1. The lowest BCUT2D eigenvalue weighted by molar-refractivity contribution is -0.141. The lowest BCUT2D eigenvalue weighted by Gasteiger charge is -2.21. The first-order chi connectivity index (χ1) is 11.8. The molecule has 134 valence electrons. The highest BCUT2D eigenvalue weighted by Crippen LogP contribution is 2.27. The van der Waals surface area contributed by atoms with Crippen molar-refractivity contribution in [3.63, 3.8) is 0 Å². The van der Waals surface area contributed by atoms with Crippen LogP contribution in [0.25, 0.3) is 10.9 Å². The molecule has 2 rings (SSSR count). The number of fused-ring (bicyclic) bond motifs is 1. The standard InChI is InChI=1S/C18H23N3O4/c1-10(2)8-15(21-25)17(22)20-16(18(23)24)11(3)13-9-19-14-7-5-4-6-12(13)14/h4-7,9-11,16,19,25H,8H2,1-3H3,(H,20,22)(H,23,24)/t11?,16-/m0/s1. The predicted octanol–water partition coefficient (Wildman–Crippen LogP) is 2.72. The van der Waals surface area contributed by atoms with Crippen molar-refractivity contribution in [3.8, 4) is 0 Å². The van der Waals surface area contributed by atoms with Crippen molar-refractivity contribution in [1.29, 1.82) is 0 Å². The molecule has 1 aromatic heterocycles. The largest absolute Gasteiger partial charge is 0.480 e. The van der Waals surface area contributed by atoms with Crippen molar-refractivity contribution in [1.82, 2.24) is 10.3 Å². The quantitative estimate of drug-likeness (QED) is 0.351. The van der Waals surface area contributed by atoms with Crippen LogP contribution in [0.1, 0.15) is 38.7 Å². The number of carbonyl (C=O) groups excluding carboxylic acids is 1. The Bertz CT molecular complexity index is 794. The number of carbonyl (C=O) groups is 2. The number of aromatic nitrogens is 1. The summed E-state index contributed by atoms with van der Waals surface area (Å²) >= 11 is 0. The number of aromatic amines is 1. The van der Waals surface area contributed by atoms with Gasteiger partial charge in [0, 0.05) is 29.4 Å². The fraction of sp³-hybridized carbons (Fsp3) is 0.389. The Balaban J connectivity index is 2.25. The maximum absolute atomic E-state index is 12.3. The number of para-hydroxylation sites is 1. The second kappa shape index (κ2) is 7.83. The zero-order valence-corrected chi connectivity index (χ0v) is 14.5. The highest BCUT2D eigenvalue weighted by molar-refractivity contribution is 6.39. The van der Waals surface area contributed by atoms with Crippen molar-refractivity contribution in [3.05, 3.63) is 36.0 Å². The molecule has 0 bridgehead atoms. The summed E-state index contributed by atoms with van der Waals surface area (Å²) in [5, 5.41) is 25.0. The molecule has 7 heteroatoms. The maximum atomic E-state index is 12.3. The SMILES string of the molecule is CC(C)CC(=NO)C(=O)N[C@H](C(=O)O)C(C)c1c[nH]c2ccccc12. The van der Waals surface area contributed by atoms with Gasteiger partial charge in [-0.05, 0) is 17.5 Å². The molecular weight excluding hydrogens is 322 g/mol. The number of aliphatic carboxylic acids is 1. The molecule has 4 N–H and O–H groups in total. The van der Waals surface area contributed by atoms with E-state index >= 15 is 0 Å². The van der Waals surface area contributed by atoms with Gasteiger partial charge in [-0.3, -0.25) is 4.79 Å². The van der Waals surface area contributed by atoms with Gasteiger partial charge in [0.15, 0.2) is 0 Å². The average molecular weight is 345 g/mol. The third-order valence-electron chi connectivity index (χ3n) is 4.15. The number of H-pyrrole nitrogens is 1. The predicted molar refractivity (Wildman–Crippen MR) is 95.0 cm³/mol. The zero-order valence-electron chi connectivity index (χ0n) is 14.5. The van der Waals surface area contributed by atoms with Crippen LogP contribution in [0.3, 0.4) is 0 Å². The lowest BCUT2D eigenvalue weighted by Crippen LogP contribution is -2.47. The van der Waals surface area contributed by atoms with Crippen molar-refractivity contribution in [2.45, 2.75) is 39.2 Å². The molecular formula is C18H23N3O4. The summed E-state index contributed by atoms with van der Waals surface area (Å²) < 4.78 is 0. The van der Waals surface area contributed by atoms with Crippen LogP contribution in [-0.2, 0) is 9.59 Å². The minimum absolute atomic E-state index is 0.0765. The van der Waals surface area contributed by atoms with Crippen LogP contribution >= 0.6 is 0 Å². The van der Waals surface area contributed by atoms with E-state index in [0.29, 0.717) is 0 Å². The molecule has 0 saturated carbocycles. The summed E-state index contributed by atoms with van der Waals surface area (Å²) in [6, 6.07) is 6.42. The van der Waals surface area contributed by atoms with Crippen LogP contribution in [0.5, 0.6) is 0 Å². The summed E-state index contributed by atoms with van der Waals surface area (Å²) in [6.45, 7) is 5.50. The number of benzene rings is 1. The number of amides is 1. The van der Waals surface area contributed by atoms with Gasteiger partial charge in [0.1, 0.15) is 11.8 Å². The molecule has 25 heavy (non-hydrogen) atoms. The number of hydrogen-bond acceptors (Lipinski definition) is 4. The van der Waals surface area contributed by atoms with Gasteiger partial charge in [0.25, 0.3) is 5.91 Å². The Hall–Kier alpha value is -2.83. The summed E-state index contributed by atoms with van der Waals surface area (Å²) in [7, 11) is 0. The zero-order chi connectivity index (χ0) is 18.6. The summed E-state index contributed by atoms with van der Waals surface area (Å²) in [6.07, 6.45) is 2.02. The second-order valence-electron chi connectivity index (χ2n) is 6.51. The van der Waals surface area contributed by atoms with Gasteiger partial charge in [-0.25, -0.2) is 4.79 Å². The Morgan fingerprint density at radius 1 is 1.24 bits per heavy atom. The van der Waals surface area contributed by atoms with Crippen molar-refractivity contribution in [2.75, 3.05) is 0 Å². The molecule has 0 aliphatic rings. The van der Waals surface area contributed by atoms with Crippen LogP contribution in [0, 0.1) is 5.92 Å². The molecule has 0 aliphatic carbocycles. The molecule has 1 aromatic carbocycles. The number of oxime groups is 1. The lowest BCUT2D eigenvalue weighted by atomic mass is 9.92. The normalized spacial score (nSPS) is 14.5.